The fraction of sp³-hybridized carbons (Fsp3) is 0.111. The SMILES string of the molecule is C1=CCC23C(=C1)C=CC=C2C=Cc1ccccc13. The van der Waals surface area contributed by atoms with E-state index in [4.69, 9.17) is 0 Å². The summed E-state index contributed by atoms with van der Waals surface area (Å²) in [5, 5.41) is 0. The third-order valence-electron chi connectivity index (χ3n) is 4.24. The van der Waals surface area contributed by atoms with Crippen molar-refractivity contribution in [3.05, 3.63) is 89.1 Å². The highest BCUT2D eigenvalue weighted by Gasteiger charge is 2.41. The Morgan fingerprint density at radius 1 is 0.833 bits per heavy atom. The second-order valence-electron chi connectivity index (χ2n) is 5.06. The van der Waals surface area contributed by atoms with Crippen LogP contribution in [0.15, 0.2) is 77.9 Å². The first-order valence-corrected chi connectivity index (χ1v) is 6.45. The molecule has 0 bridgehead atoms. The summed E-state index contributed by atoms with van der Waals surface area (Å²) in [6, 6.07) is 8.76. The van der Waals surface area contributed by atoms with E-state index in [-0.39, 0.29) is 5.41 Å². The topological polar surface area (TPSA) is 0 Å². The summed E-state index contributed by atoms with van der Waals surface area (Å²) in [7, 11) is 0. The Labute approximate surface area is 107 Å². The van der Waals surface area contributed by atoms with Crippen LogP contribution in [0.4, 0.5) is 0 Å². The second-order valence-corrected chi connectivity index (χ2v) is 5.06. The van der Waals surface area contributed by atoms with Crippen LogP contribution in [0.25, 0.3) is 6.08 Å². The van der Waals surface area contributed by atoms with Crippen LogP contribution in [-0.2, 0) is 5.41 Å². The van der Waals surface area contributed by atoms with Gasteiger partial charge in [0, 0.05) is 5.41 Å². The van der Waals surface area contributed by atoms with Gasteiger partial charge in [0.15, 0.2) is 0 Å². The molecule has 0 aromatic heterocycles. The third kappa shape index (κ3) is 1.10. The standard InChI is InChI=1S/C18H14/c1-2-10-17-14(6-1)11-12-16-9-5-8-15-7-3-4-13-18(15,16)17/h1-12H,13H2. The first kappa shape index (κ1) is 9.90. The summed E-state index contributed by atoms with van der Waals surface area (Å²) in [5.41, 5.74) is 5.69. The highest BCUT2D eigenvalue weighted by Crippen LogP contribution is 2.50. The Hall–Kier alpha value is -2.08. The highest BCUT2D eigenvalue weighted by molar-refractivity contribution is 5.73. The zero-order valence-electron chi connectivity index (χ0n) is 10.1. The molecule has 1 unspecified atom stereocenters. The molecule has 1 atom stereocenters. The molecule has 0 radical (unpaired) electrons. The lowest BCUT2D eigenvalue weighted by atomic mass is 9.60. The Morgan fingerprint density at radius 2 is 1.67 bits per heavy atom. The van der Waals surface area contributed by atoms with Gasteiger partial charge in [0.05, 0.1) is 0 Å². The molecule has 0 saturated heterocycles. The lowest BCUT2D eigenvalue weighted by molar-refractivity contribution is 0.609. The summed E-state index contributed by atoms with van der Waals surface area (Å²) >= 11 is 0. The smallest absolute Gasteiger partial charge is 0.0491 e. The van der Waals surface area contributed by atoms with Crippen molar-refractivity contribution in [3.63, 3.8) is 0 Å². The molecule has 0 saturated carbocycles. The van der Waals surface area contributed by atoms with Crippen molar-refractivity contribution in [1.82, 2.24) is 0 Å². The van der Waals surface area contributed by atoms with Crippen LogP contribution in [-0.4, -0.2) is 0 Å². The summed E-state index contributed by atoms with van der Waals surface area (Å²) in [6.45, 7) is 0. The molecule has 0 aliphatic heterocycles. The van der Waals surface area contributed by atoms with E-state index in [0.29, 0.717) is 0 Å². The molecule has 1 spiro atoms. The average molecular weight is 230 g/mol. The molecule has 0 N–H and O–H groups in total. The van der Waals surface area contributed by atoms with Crippen LogP contribution in [0.1, 0.15) is 17.5 Å². The molecular formula is C18H14. The van der Waals surface area contributed by atoms with Gasteiger partial charge in [-0.25, -0.2) is 0 Å². The van der Waals surface area contributed by atoms with Gasteiger partial charge in [-0.1, -0.05) is 72.9 Å². The van der Waals surface area contributed by atoms with Gasteiger partial charge >= 0.3 is 0 Å². The molecule has 1 aromatic carbocycles. The first-order valence-electron chi connectivity index (χ1n) is 6.45. The minimum absolute atomic E-state index is 0.0643. The molecule has 0 amide bonds. The predicted molar refractivity (Wildman–Crippen MR) is 76.2 cm³/mol. The minimum atomic E-state index is 0.0643. The quantitative estimate of drug-likeness (QED) is 0.622. The fourth-order valence-electron chi connectivity index (χ4n) is 3.39. The molecule has 1 aromatic rings. The van der Waals surface area contributed by atoms with E-state index < -0.39 is 0 Å². The first-order chi connectivity index (χ1) is 8.91. The van der Waals surface area contributed by atoms with E-state index in [9.17, 15) is 0 Å². The third-order valence-corrected chi connectivity index (χ3v) is 4.24. The molecule has 86 valence electrons. The number of hydrogen-bond donors (Lipinski definition) is 0. The zero-order chi connectivity index (χ0) is 12.0. The van der Waals surface area contributed by atoms with Gasteiger partial charge in [0.25, 0.3) is 0 Å². The molecule has 0 heteroatoms. The van der Waals surface area contributed by atoms with Crippen LogP contribution >= 0.6 is 0 Å². The molecular weight excluding hydrogens is 216 g/mol. The van der Waals surface area contributed by atoms with Crippen LogP contribution < -0.4 is 0 Å². The van der Waals surface area contributed by atoms with Crippen LogP contribution in [0.3, 0.4) is 0 Å². The number of fused-ring (bicyclic) bond motifs is 1. The molecule has 3 aliphatic rings. The zero-order valence-corrected chi connectivity index (χ0v) is 10.1. The molecule has 3 aliphatic carbocycles. The van der Waals surface area contributed by atoms with Crippen molar-refractivity contribution in [2.75, 3.05) is 0 Å². The summed E-state index contributed by atoms with van der Waals surface area (Å²) in [6.07, 6.45) is 19.0. The Bertz CT molecular complexity index is 665. The van der Waals surface area contributed by atoms with Gasteiger partial charge in [-0.3, -0.25) is 0 Å². The number of allylic oxidation sites excluding steroid dienone is 9. The monoisotopic (exact) mass is 230 g/mol. The summed E-state index contributed by atoms with van der Waals surface area (Å²) < 4.78 is 0. The maximum absolute atomic E-state index is 2.28. The number of rotatable bonds is 0. The normalized spacial score (nSPS) is 26.9. The van der Waals surface area contributed by atoms with Crippen LogP contribution in [0.5, 0.6) is 0 Å². The molecule has 0 heterocycles. The molecule has 4 rings (SSSR count). The van der Waals surface area contributed by atoms with Crippen molar-refractivity contribution in [3.8, 4) is 0 Å². The summed E-state index contributed by atoms with van der Waals surface area (Å²) in [4.78, 5) is 0. The van der Waals surface area contributed by atoms with Gasteiger partial charge in [-0.15, -0.1) is 0 Å². The van der Waals surface area contributed by atoms with Gasteiger partial charge in [-0.2, -0.15) is 0 Å². The molecule has 0 fully saturated rings. The maximum atomic E-state index is 2.28. The second kappa shape index (κ2) is 3.46. The summed E-state index contributed by atoms with van der Waals surface area (Å²) in [5.74, 6) is 0. The van der Waals surface area contributed by atoms with Crippen molar-refractivity contribution in [2.45, 2.75) is 11.8 Å². The van der Waals surface area contributed by atoms with E-state index in [2.05, 4.69) is 72.9 Å². The van der Waals surface area contributed by atoms with Crippen molar-refractivity contribution in [1.29, 1.82) is 0 Å². The molecule has 0 nitrogen and oxygen atoms in total. The van der Waals surface area contributed by atoms with E-state index >= 15 is 0 Å². The minimum Gasteiger partial charge on any atom is -0.0830 e. The van der Waals surface area contributed by atoms with Crippen molar-refractivity contribution < 1.29 is 0 Å². The lowest BCUT2D eigenvalue weighted by Crippen LogP contribution is -2.34. The maximum Gasteiger partial charge on any atom is 0.0491 e. The van der Waals surface area contributed by atoms with Gasteiger partial charge < -0.3 is 0 Å². The number of benzene rings is 1. The van der Waals surface area contributed by atoms with Gasteiger partial charge in [0.2, 0.25) is 0 Å². The van der Waals surface area contributed by atoms with E-state index in [1.807, 2.05) is 0 Å². The molecule has 18 heavy (non-hydrogen) atoms. The average Bonchev–Trinajstić information content (AvgIpc) is 2.45. The Balaban J connectivity index is 2.07. The predicted octanol–water partition coefficient (Wildman–Crippen LogP) is 4.33. The number of hydrogen-bond acceptors (Lipinski definition) is 0. The fourth-order valence-corrected chi connectivity index (χ4v) is 3.39. The van der Waals surface area contributed by atoms with Crippen LogP contribution in [0, 0.1) is 0 Å². The van der Waals surface area contributed by atoms with E-state index in [1.165, 1.54) is 22.3 Å². The Morgan fingerprint density at radius 3 is 2.67 bits per heavy atom. The highest BCUT2D eigenvalue weighted by atomic mass is 14.4. The Kier molecular flexibility index (Phi) is 1.90. The van der Waals surface area contributed by atoms with E-state index in [0.717, 1.165) is 6.42 Å². The van der Waals surface area contributed by atoms with Gasteiger partial charge in [-0.05, 0) is 28.7 Å². The van der Waals surface area contributed by atoms with Crippen molar-refractivity contribution >= 4 is 6.08 Å². The van der Waals surface area contributed by atoms with E-state index in [1.54, 1.807) is 0 Å². The largest absolute Gasteiger partial charge is 0.0830 e. The van der Waals surface area contributed by atoms with Crippen LogP contribution in [0.2, 0.25) is 0 Å². The lowest BCUT2D eigenvalue weighted by Gasteiger charge is -2.42. The van der Waals surface area contributed by atoms with Gasteiger partial charge in [0.1, 0.15) is 0 Å². The van der Waals surface area contributed by atoms with Crippen molar-refractivity contribution in [2.24, 2.45) is 0 Å².